The summed E-state index contributed by atoms with van der Waals surface area (Å²) in [6.07, 6.45) is 6.87. The van der Waals surface area contributed by atoms with E-state index in [0.717, 1.165) is 62.3 Å². The number of hydrogen-bond donors (Lipinski definition) is 1. The molecule has 4 heterocycles. The molecule has 2 aliphatic heterocycles. The molecule has 2 aromatic heterocycles. The minimum Gasteiger partial charge on any atom is -0.356 e. The lowest BCUT2D eigenvalue weighted by Crippen LogP contribution is -2.41. The molecular weight excluding hydrogens is 344 g/mol. The molecule has 1 N–H and O–H groups in total. The first-order valence-corrected chi connectivity index (χ1v) is 10.0. The van der Waals surface area contributed by atoms with Gasteiger partial charge >= 0.3 is 0 Å². The molecule has 27 heavy (non-hydrogen) atoms. The van der Waals surface area contributed by atoms with Gasteiger partial charge in [0.1, 0.15) is 17.5 Å². The molecule has 2 aromatic rings. The van der Waals surface area contributed by atoms with Gasteiger partial charge in [-0.05, 0) is 58.7 Å². The van der Waals surface area contributed by atoms with E-state index < -0.39 is 0 Å². The van der Waals surface area contributed by atoms with Crippen molar-refractivity contribution < 1.29 is 9.32 Å². The molecule has 8 heteroatoms. The fourth-order valence-corrected chi connectivity index (χ4v) is 4.16. The lowest BCUT2D eigenvalue weighted by Gasteiger charge is -2.32. The zero-order chi connectivity index (χ0) is 18.6. The number of hydrogen-bond acceptors (Lipinski definition) is 7. The average Bonchev–Trinajstić information content (AvgIpc) is 3.35. The van der Waals surface area contributed by atoms with E-state index in [1.54, 1.807) is 0 Å². The highest BCUT2D eigenvalue weighted by atomic mass is 16.5. The van der Waals surface area contributed by atoms with Gasteiger partial charge in [-0.15, -0.1) is 0 Å². The maximum atomic E-state index is 12.5. The fraction of sp³-hybridized carbons (Fsp3) is 0.684. The van der Waals surface area contributed by atoms with Gasteiger partial charge in [-0.2, -0.15) is 4.98 Å². The normalized spacial score (nSPS) is 19.1. The van der Waals surface area contributed by atoms with Gasteiger partial charge < -0.3 is 19.6 Å². The van der Waals surface area contributed by atoms with Crippen LogP contribution in [0.3, 0.4) is 0 Å². The number of likely N-dealkylation sites (tertiary alicyclic amines) is 1. The molecule has 2 aliphatic rings. The Labute approximate surface area is 159 Å². The predicted octanol–water partition coefficient (Wildman–Crippen LogP) is 1.74. The highest BCUT2D eigenvalue weighted by Crippen LogP contribution is 2.29. The van der Waals surface area contributed by atoms with Crippen LogP contribution in [0.15, 0.2) is 10.9 Å². The zero-order valence-corrected chi connectivity index (χ0v) is 16.0. The number of fused-ring (bicyclic) bond motifs is 1. The standard InChI is InChI=1S/C19H28N6O2/c1-14-16-17(21-13-22-19(16)27-23-14)25-11-5-15(6-12-25)18(26)20-7-4-10-24-8-2-3-9-24/h13,15H,2-12H2,1H3,(H,20,26). The molecule has 0 unspecified atom stereocenters. The molecule has 2 saturated heterocycles. The molecule has 2 fully saturated rings. The second-order valence-electron chi connectivity index (χ2n) is 7.60. The number of aryl methyl sites for hydroxylation is 1. The van der Waals surface area contributed by atoms with Gasteiger partial charge in [-0.1, -0.05) is 5.16 Å². The zero-order valence-electron chi connectivity index (χ0n) is 16.0. The van der Waals surface area contributed by atoms with Gasteiger partial charge in [0.05, 0.1) is 5.69 Å². The summed E-state index contributed by atoms with van der Waals surface area (Å²) in [5.41, 5.74) is 1.33. The van der Waals surface area contributed by atoms with Crippen LogP contribution in [0.5, 0.6) is 0 Å². The van der Waals surface area contributed by atoms with Crippen molar-refractivity contribution in [2.75, 3.05) is 44.2 Å². The Morgan fingerprint density at radius 1 is 1.22 bits per heavy atom. The Hall–Kier alpha value is -2.22. The number of rotatable bonds is 6. The number of carbonyl (C=O) groups excluding carboxylic acids is 1. The Balaban J connectivity index is 1.25. The summed E-state index contributed by atoms with van der Waals surface area (Å²) in [6.45, 7) is 7.83. The van der Waals surface area contributed by atoms with Gasteiger partial charge in [-0.3, -0.25) is 4.79 Å². The molecule has 0 atom stereocenters. The van der Waals surface area contributed by atoms with E-state index in [4.69, 9.17) is 4.52 Å². The molecule has 0 saturated carbocycles. The fourth-order valence-electron chi connectivity index (χ4n) is 4.16. The number of anilines is 1. The SMILES string of the molecule is Cc1noc2ncnc(N3CCC(C(=O)NCCCN4CCCC4)CC3)c12. The molecule has 0 aliphatic carbocycles. The Kier molecular flexibility index (Phi) is 5.52. The summed E-state index contributed by atoms with van der Waals surface area (Å²) in [4.78, 5) is 25.7. The van der Waals surface area contributed by atoms with E-state index in [9.17, 15) is 4.79 Å². The van der Waals surface area contributed by atoms with Crippen LogP contribution in [0.25, 0.3) is 11.1 Å². The van der Waals surface area contributed by atoms with Crippen LogP contribution >= 0.6 is 0 Å². The van der Waals surface area contributed by atoms with Crippen LogP contribution in [0.1, 0.15) is 37.8 Å². The monoisotopic (exact) mass is 372 g/mol. The van der Waals surface area contributed by atoms with Crippen LogP contribution in [-0.2, 0) is 4.79 Å². The van der Waals surface area contributed by atoms with Crippen molar-refractivity contribution >= 4 is 22.8 Å². The van der Waals surface area contributed by atoms with Crippen molar-refractivity contribution in [2.24, 2.45) is 5.92 Å². The summed E-state index contributed by atoms with van der Waals surface area (Å²) in [5, 5.41) is 8.00. The second-order valence-corrected chi connectivity index (χ2v) is 7.60. The van der Waals surface area contributed by atoms with Crippen LogP contribution in [-0.4, -0.2) is 65.2 Å². The van der Waals surface area contributed by atoms with Crippen molar-refractivity contribution in [3.8, 4) is 0 Å². The van der Waals surface area contributed by atoms with Crippen molar-refractivity contribution in [1.29, 1.82) is 0 Å². The highest BCUT2D eigenvalue weighted by Gasteiger charge is 2.27. The third kappa shape index (κ3) is 4.05. The Morgan fingerprint density at radius 3 is 2.78 bits per heavy atom. The van der Waals surface area contributed by atoms with Gasteiger partial charge in [0.25, 0.3) is 5.71 Å². The highest BCUT2D eigenvalue weighted by molar-refractivity contribution is 5.88. The van der Waals surface area contributed by atoms with E-state index in [1.807, 2.05) is 6.92 Å². The smallest absolute Gasteiger partial charge is 0.263 e. The molecule has 0 aromatic carbocycles. The van der Waals surface area contributed by atoms with Crippen molar-refractivity contribution in [3.63, 3.8) is 0 Å². The van der Waals surface area contributed by atoms with Crippen LogP contribution in [0, 0.1) is 12.8 Å². The maximum Gasteiger partial charge on any atom is 0.263 e. The van der Waals surface area contributed by atoms with Gasteiger partial charge in [0.15, 0.2) is 0 Å². The maximum absolute atomic E-state index is 12.5. The first kappa shape index (κ1) is 18.2. The van der Waals surface area contributed by atoms with E-state index >= 15 is 0 Å². The van der Waals surface area contributed by atoms with Gasteiger partial charge in [0.2, 0.25) is 5.91 Å². The van der Waals surface area contributed by atoms with Crippen molar-refractivity contribution in [3.05, 3.63) is 12.0 Å². The molecule has 1 amide bonds. The van der Waals surface area contributed by atoms with Gasteiger partial charge in [-0.25, -0.2) is 4.98 Å². The minimum atomic E-state index is 0.0916. The largest absolute Gasteiger partial charge is 0.356 e. The summed E-state index contributed by atoms with van der Waals surface area (Å²) >= 11 is 0. The molecular formula is C19H28N6O2. The number of amides is 1. The second kappa shape index (κ2) is 8.21. The van der Waals surface area contributed by atoms with E-state index in [0.29, 0.717) is 5.71 Å². The first-order valence-electron chi connectivity index (χ1n) is 10.0. The van der Waals surface area contributed by atoms with Crippen LogP contribution in [0.4, 0.5) is 5.82 Å². The summed E-state index contributed by atoms with van der Waals surface area (Å²) in [5.74, 6) is 1.15. The lowest BCUT2D eigenvalue weighted by molar-refractivity contribution is -0.125. The number of aromatic nitrogens is 3. The van der Waals surface area contributed by atoms with Crippen LogP contribution < -0.4 is 10.2 Å². The topological polar surface area (TPSA) is 87.4 Å². The first-order chi connectivity index (χ1) is 13.2. The number of piperidine rings is 1. The molecule has 0 radical (unpaired) electrons. The van der Waals surface area contributed by atoms with Crippen LogP contribution in [0.2, 0.25) is 0 Å². The molecule has 4 rings (SSSR count). The van der Waals surface area contributed by atoms with E-state index in [-0.39, 0.29) is 11.8 Å². The van der Waals surface area contributed by atoms with E-state index in [1.165, 1.54) is 32.3 Å². The third-order valence-corrected chi connectivity index (χ3v) is 5.74. The van der Waals surface area contributed by atoms with Crippen molar-refractivity contribution in [2.45, 2.75) is 39.0 Å². The molecule has 8 nitrogen and oxygen atoms in total. The molecule has 146 valence electrons. The van der Waals surface area contributed by atoms with Crippen molar-refractivity contribution in [1.82, 2.24) is 25.3 Å². The Morgan fingerprint density at radius 2 is 2.00 bits per heavy atom. The van der Waals surface area contributed by atoms with E-state index in [2.05, 4.69) is 30.2 Å². The minimum absolute atomic E-state index is 0.0916. The van der Waals surface area contributed by atoms with Gasteiger partial charge in [0, 0.05) is 25.6 Å². The molecule has 0 bridgehead atoms. The summed E-state index contributed by atoms with van der Waals surface area (Å²) in [6, 6.07) is 0. The third-order valence-electron chi connectivity index (χ3n) is 5.74. The summed E-state index contributed by atoms with van der Waals surface area (Å²) < 4.78 is 5.24. The Bertz CT molecular complexity index is 778. The predicted molar refractivity (Wildman–Crippen MR) is 103 cm³/mol. The lowest BCUT2D eigenvalue weighted by atomic mass is 9.95. The summed E-state index contributed by atoms with van der Waals surface area (Å²) in [7, 11) is 0. The number of nitrogens with one attached hydrogen (secondary N) is 1. The number of nitrogens with zero attached hydrogens (tertiary/aromatic N) is 5. The number of carbonyl (C=O) groups is 1. The quantitative estimate of drug-likeness (QED) is 0.773. The average molecular weight is 372 g/mol. The molecule has 0 spiro atoms.